The number of carbonyl (C=O) groups excluding carboxylic acids is 3. The smallest absolute Gasteiger partial charge is 0.309 e. The fraction of sp³-hybridized carbons (Fsp3) is 0.526. The number of hydrogen-bond donors (Lipinski definition) is 1. The van der Waals surface area contributed by atoms with Crippen molar-refractivity contribution in [3.8, 4) is 0 Å². The van der Waals surface area contributed by atoms with E-state index in [9.17, 15) is 14.4 Å². The first-order chi connectivity index (χ1) is 12.5. The molecule has 2 saturated heterocycles. The van der Waals surface area contributed by atoms with Gasteiger partial charge < -0.3 is 14.4 Å². The van der Waals surface area contributed by atoms with Crippen LogP contribution in [-0.2, 0) is 30.5 Å². The molecule has 1 aromatic carbocycles. The Labute approximate surface area is 152 Å². The summed E-state index contributed by atoms with van der Waals surface area (Å²) in [6.45, 7) is 2.55. The van der Waals surface area contributed by atoms with Gasteiger partial charge in [-0.05, 0) is 18.4 Å². The van der Waals surface area contributed by atoms with Gasteiger partial charge in [-0.15, -0.1) is 0 Å². The minimum absolute atomic E-state index is 0.0506. The van der Waals surface area contributed by atoms with Crippen molar-refractivity contribution in [2.45, 2.75) is 57.6 Å². The Balaban J connectivity index is 1.69. The van der Waals surface area contributed by atoms with E-state index >= 15 is 0 Å². The summed E-state index contributed by atoms with van der Waals surface area (Å²) in [6.07, 6.45) is 2.16. The molecule has 1 N–H and O–H groups in total. The van der Waals surface area contributed by atoms with E-state index in [1.165, 1.54) is 0 Å². The highest BCUT2D eigenvalue weighted by molar-refractivity contribution is 5.88. The summed E-state index contributed by atoms with van der Waals surface area (Å²) in [5.74, 6) is -2.27. The van der Waals surface area contributed by atoms with Gasteiger partial charge in [0, 0.05) is 19.4 Å². The van der Waals surface area contributed by atoms with Crippen molar-refractivity contribution in [2.24, 2.45) is 0 Å². The summed E-state index contributed by atoms with van der Waals surface area (Å²) in [4.78, 5) is 38.1. The first-order valence-electron chi connectivity index (χ1n) is 9.04. The summed E-state index contributed by atoms with van der Waals surface area (Å²) in [5.41, 5.74) is 0.910. The van der Waals surface area contributed by atoms with Gasteiger partial charge in [0.1, 0.15) is 6.04 Å². The van der Waals surface area contributed by atoms with Gasteiger partial charge in [-0.1, -0.05) is 37.3 Å². The van der Waals surface area contributed by atoms with Gasteiger partial charge in [0.15, 0.2) is 0 Å². The lowest BCUT2D eigenvalue weighted by Gasteiger charge is -2.31. The van der Waals surface area contributed by atoms with Crippen molar-refractivity contribution in [1.82, 2.24) is 10.2 Å². The highest BCUT2D eigenvalue weighted by Crippen LogP contribution is 2.28. The van der Waals surface area contributed by atoms with Crippen molar-refractivity contribution < 1.29 is 23.9 Å². The van der Waals surface area contributed by atoms with Gasteiger partial charge in [-0.2, -0.15) is 0 Å². The number of esters is 1. The Hall–Kier alpha value is -2.41. The van der Waals surface area contributed by atoms with Gasteiger partial charge in [0.05, 0.1) is 13.0 Å². The van der Waals surface area contributed by atoms with E-state index in [0.29, 0.717) is 19.4 Å². The van der Waals surface area contributed by atoms with Crippen LogP contribution in [0.25, 0.3) is 0 Å². The van der Waals surface area contributed by atoms with Crippen molar-refractivity contribution in [1.29, 1.82) is 0 Å². The SMILES string of the molecule is CCC(=O)N1CCCC1C(=O)NC1(OCc2ccccc2)CCC(=O)O1. The number of cyclic esters (lactones) is 1. The highest BCUT2D eigenvalue weighted by atomic mass is 16.7. The maximum atomic E-state index is 12.8. The number of amides is 2. The number of rotatable bonds is 6. The third kappa shape index (κ3) is 4.04. The molecule has 26 heavy (non-hydrogen) atoms. The van der Waals surface area contributed by atoms with Gasteiger partial charge in [-0.3, -0.25) is 19.7 Å². The molecule has 2 fully saturated rings. The first kappa shape index (κ1) is 18.4. The molecule has 3 rings (SSSR count). The van der Waals surface area contributed by atoms with E-state index in [1.807, 2.05) is 30.3 Å². The lowest BCUT2D eigenvalue weighted by Crippen LogP contribution is -2.56. The Morgan fingerprint density at radius 2 is 2.12 bits per heavy atom. The fourth-order valence-corrected chi connectivity index (χ4v) is 3.36. The number of hydrogen-bond acceptors (Lipinski definition) is 5. The van der Waals surface area contributed by atoms with Crippen LogP contribution < -0.4 is 5.32 Å². The van der Waals surface area contributed by atoms with E-state index in [2.05, 4.69) is 5.32 Å². The molecule has 0 bridgehead atoms. The molecule has 2 unspecified atom stereocenters. The number of benzene rings is 1. The van der Waals surface area contributed by atoms with Crippen LogP contribution in [0.1, 0.15) is 44.6 Å². The second kappa shape index (κ2) is 7.86. The molecule has 0 saturated carbocycles. The van der Waals surface area contributed by atoms with E-state index in [1.54, 1.807) is 11.8 Å². The van der Waals surface area contributed by atoms with Crippen molar-refractivity contribution in [3.63, 3.8) is 0 Å². The third-order valence-corrected chi connectivity index (χ3v) is 4.74. The summed E-state index contributed by atoms with van der Waals surface area (Å²) < 4.78 is 11.1. The van der Waals surface area contributed by atoms with Crippen LogP contribution in [0.15, 0.2) is 30.3 Å². The molecule has 0 spiro atoms. The van der Waals surface area contributed by atoms with Crippen molar-refractivity contribution in [2.75, 3.05) is 6.54 Å². The Morgan fingerprint density at radius 1 is 1.35 bits per heavy atom. The lowest BCUT2D eigenvalue weighted by molar-refractivity contribution is -0.233. The summed E-state index contributed by atoms with van der Waals surface area (Å²) in [6, 6.07) is 8.92. The van der Waals surface area contributed by atoms with Crippen LogP contribution in [0, 0.1) is 0 Å². The largest absolute Gasteiger partial charge is 0.414 e. The third-order valence-electron chi connectivity index (χ3n) is 4.74. The van der Waals surface area contributed by atoms with Gasteiger partial charge in [-0.25, -0.2) is 0 Å². The standard InChI is InChI=1S/C19H24N2O5/c1-2-16(22)21-12-6-9-15(21)18(24)20-19(11-10-17(23)26-19)25-13-14-7-4-3-5-8-14/h3-5,7-8,15H,2,6,9-13H2,1H3,(H,20,24). The van der Waals surface area contributed by atoms with Crippen molar-refractivity contribution in [3.05, 3.63) is 35.9 Å². The minimum Gasteiger partial charge on any atom is -0.414 e. The van der Waals surface area contributed by atoms with Crippen LogP contribution in [-0.4, -0.2) is 41.2 Å². The molecule has 140 valence electrons. The molecular weight excluding hydrogens is 336 g/mol. The molecule has 2 amide bonds. The average Bonchev–Trinajstić information content (AvgIpc) is 3.28. The van der Waals surface area contributed by atoms with Crippen molar-refractivity contribution >= 4 is 17.8 Å². The molecule has 0 aliphatic carbocycles. The lowest BCUT2D eigenvalue weighted by atomic mass is 10.2. The topological polar surface area (TPSA) is 84.9 Å². The molecule has 7 nitrogen and oxygen atoms in total. The number of nitrogens with one attached hydrogen (secondary N) is 1. The van der Waals surface area contributed by atoms with Gasteiger partial charge in [0.25, 0.3) is 5.91 Å². The zero-order chi connectivity index (χ0) is 18.6. The van der Waals surface area contributed by atoms with E-state index in [-0.39, 0.29) is 31.3 Å². The number of likely N-dealkylation sites (tertiary alicyclic amines) is 1. The van der Waals surface area contributed by atoms with E-state index in [0.717, 1.165) is 12.0 Å². The molecule has 2 atom stereocenters. The first-order valence-corrected chi connectivity index (χ1v) is 9.04. The second-order valence-electron chi connectivity index (χ2n) is 6.59. The number of nitrogens with zero attached hydrogens (tertiary/aromatic N) is 1. The summed E-state index contributed by atoms with van der Waals surface area (Å²) in [5, 5.41) is 2.75. The maximum absolute atomic E-state index is 12.8. The molecule has 0 aromatic heterocycles. The molecule has 1 aromatic rings. The van der Waals surface area contributed by atoms with E-state index in [4.69, 9.17) is 9.47 Å². The van der Waals surface area contributed by atoms with Crippen LogP contribution >= 0.6 is 0 Å². The molecule has 7 heteroatoms. The average molecular weight is 360 g/mol. The molecule has 2 heterocycles. The zero-order valence-electron chi connectivity index (χ0n) is 14.9. The van der Waals surface area contributed by atoms with Crippen LogP contribution in [0.5, 0.6) is 0 Å². The Bertz CT molecular complexity index is 678. The Morgan fingerprint density at radius 3 is 2.77 bits per heavy atom. The predicted octanol–water partition coefficient (Wildman–Crippen LogP) is 1.71. The summed E-state index contributed by atoms with van der Waals surface area (Å²) >= 11 is 0. The molecule has 0 radical (unpaired) electrons. The number of ether oxygens (including phenoxy) is 2. The maximum Gasteiger partial charge on any atom is 0.309 e. The number of carbonyl (C=O) groups is 3. The molecule has 2 aliphatic heterocycles. The zero-order valence-corrected chi connectivity index (χ0v) is 14.9. The van der Waals surface area contributed by atoms with Crippen LogP contribution in [0.4, 0.5) is 0 Å². The molecule has 2 aliphatic rings. The second-order valence-corrected chi connectivity index (χ2v) is 6.59. The normalized spacial score (nSPS) is 25.2. The highest BCUT2D eigenvalue weighted by Gasteiger charge is 2.46. The predicted molar refractivity (Wildman–Crippen MR) is 92.5 cm³/mol. The fourth-order valence-electron chi connectivity index (χ4n) is 3.36. The van der Waals surface area contributed by atoms with Gasteiger partial charge in [0.2, 0.25) is 11.8 Å². The monoisotopic (exact) mass is 360 g/mol. The van der Waals surface area contributed by atoms with Gasteiger partial charge >= 0.3 is 5.97 Å². The Kier molecular flexibility index (Phi) is 5.56. The van der Waals surface area contributed by atoms with Crippen LogP contribution in [0.2, 0.25) is 0 Å². The quantitative estimate of drug-likeness (QED) is 0.617. The van der Waals surface area contributed by atoms with Crippen LogP contribution in [0.3, 0.4) is 0 Å². The van der Waals surface area contributed by atoms with E-state index < -0.39 is 17.9 Å². The minimum atomic E-state index is -1.46. The molecular formula is C19H24N2O5. The summed E-state index contributed by atoms with van der Waals surface area (Å²) in [7, 11) is 0.